The minimum Gasteiger partial charge on any atom is -0.292 e. The number of carbonyl (C=O) groups excluding carboxylic acids is 1. The van der Waals surface area contributed by atoms with Crippen LogP contribution < -0.4 is 10.5 Å². The van der Waals surface area contributed by atoms with Crippen LogP contribution in [0.15, 0.2) is 51.4 Å². The summed E-state index contributed by atoms with van der Waals surface area (Å²) in [5.74, 6) is -0.133. The van der Waals surface area contributed by atoms with Gasteiger partial charge < -0.3 is 0 Å². The summed E-state index contributed by atoms with van der Waals surface area (Å²) in [7, 11) is 1.73. The fourth-order valence-electron chi connectivity index (χ4n) is 2.90. The standard InChI is InChI=1S/C18H15BrN6O2S/c1-11(26)25(13-6-4-3-5-7-13)18-21-12(9-28-18)8-24-10-20-16-14(17(24)27)15(19)22-23(16)2/h3-7,9-10H,8H2,1-2H3. The molecule has 0 unspecified atom stereocenters. The van der Waals surface area contributed by atoms with Crippen molar-refractivity contribution in [2.24, 2.45) is 7.05 Å². The summed E-state index contributed by atoms with van der Waals surface area (Å²) in [5, 5.41) is 7.00. The van der Waals surface area contributed by atoms with Crippen LogP contribution in [0.1, 0.15) is 12.6 Å². The number of para-hydroxylation sites is 1. The van der Waals surface area contributed by atoms with Crippen molar-refractivity contribution in [2.45, 2.75) is 13.5 Å². The van der Waals surface area contributed by atoms with Crippen molar-refractivity contribution in [1.82, 2.24) is 24.3 Å². The number of benzene rings is 1. The third kappa shape index (κ3) is 3.25. The van der Waals surface area contributed by atoms with Gasteiger partial charge in [-0.25, -0.2) is 14.6 Å². The largest absolute Gasteiger partial charge is 0.292 e. The molecule has 0 aliphatic rings. The molecule has 0 N–H and O–H groups in total. The van der Waals surface area contributed by atoms with Crippen LogP contribution in [0.25, 0.3) is 11.0 Å². The molecule has 0 fully saturated rings. The van der Waals surface area contributed by atoms with Gasteiger partial charge in [0.05, 0.1) is 17.9 Å². The van der Waals surface area contributed by atoms with Gasteiger partial charge in [-0.1, -0.05) is 18.2 Å². The topological polar surface area (TPSA) is 85.9 Å². The maximum Gasteiger partial charge on any atom is 0.266 e. The lowest BCUT2D eigenvalue weighted by Gasteiger charge is -2.17. The first-order chi connectivity index (χ1) is 13.5. The van der Waals surface area contributed by atoms with E-state index in [1.165, 1.54) is 29.2 Å². The molecule has 28 heavy (non-hydrogen) atoms. The first kappa shape index (κ1) is 18.5. The number of fused-ring (bicyclic) bond motifs is 1. The molecule has 10 heteroatoms. The second-order valence-electron chi connectivity index (χ2n) is 6.10. The number of thiazole rings is 1. The van der Waals surface area contributed by atoms with Crippen LogP contribution in [-0.4, -0.2) is 30.2 Å². The Morgan fingerprint density at radius 3 is 2.75 bits per heavy atom. The number of carbonyl (C=O) groups is 1. The summed E-state index contributed by atoms with van der Waals surface area (Å²) in [4.78, 5) is 35.4. The molecule has 0 spiro atoms. The van der Waals surface area contributed by atoms with E-state index in [0.29, 0.717) is 26.5 Å². The molecule has 0 bridgehead atoms. The summed E-state index contributed by atoms with van der Waals surface area (Å²) in [6.45, 7) is 1.75. The zero-order valence-corrected chi connectivity index (χ0v) is 17.4. The molecular formula is C18H15BrN6O2S. The minimum absolute atomic E-state index is 0.133. The second kappa shape index (κ2) is 7.28. The molecule has 3 heterocycles. The summed E-state index contributed by atoms with van der Waals surface area (Å²) in [6.07, 6.45) is 1.48. The van der Waals surface area contributed by atoms with Gasteiger partial charge in [-0.05, 0) is 28.1 Å². The number of rotatable bonds is 4. The van der Waals surface area contributed by atoms with Crippen LogP contribution in [0.3, 0.4) is 0 Å². The van der Waals surface area contributed by atoms with Crippen LogP contribution in [0.2, 0.25) is 0 Å². The number of anilines is 2. The fourth-order valence-corrected chi connectivity index (χ4v) is 4.36. The smallest absolute Gasteiger partial charge is 0.266 e. The number of hydrogen-bond acceptors (Lipinski definition) is 6. The van der Waals surface area contributed by atoms with Gasteiger partial charge in [-0.15, -0.1) is 11.3 Å². The van der Waals surface area contributed by atoms with Gasteiger partial charge >= 0.3 is 0 Å². The molecule has 0 saturated heterocycles. The molecular weight excluding hydrogens is 444 g/mol. The Morgan fingerprint density at radius 1 is 1.29 bits per heavy atom. The van der Waals surface area contributed by atoms with E-state index < -0.39 is 0 Å². The van der Waals surface area contributed by atoms with Crippen molar-refractivity contribution in [2.75, 3.05) is 4.90 Å². The Labute approximate surface area is 172 Å². The Kier molecular flexibility index (Phi) is 4.82. The average molecular weight is 459 g/mol. The highest BCUT2D eigenvalue weighted by atomic mass is 79.9. The molecule has 0 aliphatic carbocycles. The Hall–Kier alpha value is -2.85. The Morgan fingerprint density at radius 2 is 2.04 bits per heavy atom. The lowest BCUT2D eigenvalue weighted by molar-refractivity contribution is -0.115. The third-order valence-electron chi connectivity index (χ3n) is 4.16. The molecule has 0 aliphatic heterocycles. The van der Waals surface area contributed by atoms with E-state index in [0.717, 1.165) is 5.69 Å². The van der Waals surface area contributed by atoms with E-state index in [1.807, 2.05) is 35.7 Å². The quantitative estimate of drug-likeness (QED) is 0.468. The van der Waals surface area contributed by atoms with E-state index in [-0.39, 0.29) is 18.0 Å². The molecule has 0 saturated carbocycles. The lowest BCUT2D eigenvalue weighted by atomic mass is 10.3. The summed E-state index contributed by atoms with van der Waals surface area (Å²) < 4.78 is 3.49. The highest BCUT2D eigenvalue weighted by molar-refractivity contribution is 9.10. The molecule has 0 atom stereocenters. The fraction of sp³-hybridized carbons (Fsp3) is 0.167. The highest BCUT2D eigenvalue weighted by Gasteiger charge is 2.19. The third-order valence-corrected chi connectivity index (χ3v) is 5.59. The normalized spacial score (nSPS) is 11.1. The average Bonchev–Trinajstić information content (AvgIpc) is 3.23. The molecule has 4 aromatic rings. The molecule has 142 valence electrons. The summed E-state index contributed by atoms with van der Waals surface area (Å²) in [6, 6.07) is 9.33. The van der Waals surface area contributed by atoms with Crippen molar-refractivity contribution in [3.05, 3.63) is 62.7 Å². The molecule has 3 aromatic heterocycles. The first-order valence-corrected chi connectivity index (χ1v) is 10.0. The van der Waals surface area contributed by atoms with Gasteiger partial charge in [0.1, 0.15) is 16.3 Å². The van der Waals surface area contributed by atoms with E-state index >= 15 is 0 Å². The van der Waals surface area contributed by atoms with Gasteiger partial charge in [0.2, 0.25) is 5.91 Å². The van der Waals surface area contributed by atoms with Crippen LogP contribution in [0.5, 0.6) is 0 Å². The van der Waals surface area contributed by atoms with E-state index in [9.17, 15) is 9.59 Å². The van der Waals surface area contributed by atoms with E-state index in [4.69, 9.17) is 0 Å². The predicted molar refractivity (Wildman–Crippen MR) is 111 cm³/mol. The van der Waals surface area contributed by atoms with Crippen LogP contribution in [-0.2, 0) is 18.4 Å². The minimum atomic E-state index is -0.203. The highest BCUT2D eigenvalue weighted by Crippen LogP contribution is 2.29. The Bertz CT molecular complexity index is 1230. The summed E-state index contributed by atoms with van der Waals surface area (Å²) in [5.41, 5.74) is 1.73. The molecule has 0 radical (unpaired) electrons. The SMILES string of the molecule is CC(=O)N(c1ccccc1)c1nc(Cn2cnc3c(c(Br)nn3C)c2=O)cs1. The number of aromatic nitrogens is 5. The molecule has 1 amide bonds. The van der Waals surface area contributed by atoms with Crippen molar-refractivity contribution in [3.63, 3.8) is 0 Å². The van der Waals surface area contributed by atoms with Gasteiger partial charge in [-0.3, -0.25) is 19.1 Å². The van der Waals surface area contributed by atoms with E-state index in [1.54, 1.807) is 16.6 Å². The van der Waals surface area contributed by atoms with Crippen molar-refractivity contribution < 1.29 is 4.79 Å². The summed E-state index contributed by atoms with van der Waals surface area (Å²) >= 11 is 4.66. The van der Waals surface area contributed by atoms with Gasteiger partial charge in [0, 0.05) is 19.4 Å². The zero-order valence-electron chi connectivity index (χ0n) is 15.0. The van der Waals surface area contributed by atoms with Gasteiger partial charge in [-0.2, -0.15) is 5.10 Å². The van der Waals surface area contributed by atoms with Crippen LogP contribution in [0, 0.1) is 0 Å². The lowest BCUT2D eigenvalue weighted by Crippen LogP contribution is -2.23. The predicted octanol–water partition coefficient (Wildman–Crippen LogP) is 3.08. The maximum atomic E-state index is 12.8. The van der Waals surface area contributed by atoms with Gasteiger partial charge in [0.25, 0.3) is 5.56 Å². The molecule has 4 rings (SSSR count). The zero-order chi connectivity index (χ0) is 19.8. The van der Waals surface area contributed by atoms with Crippen LogP contribution in [0.4, 0.5) is 10.8 Å². The number of hydrogen-bond donors (Lipinski definition) is 0. The first-order valence-electron chi connectivity index (χ1n) is 8.33. The van der Waals surface area contributed by atoms with Crippen molar-refractivity contribution >= 4 is 55.0 Å². The molecule has 1 aromatic carbocycles. The Balaban J connectivity index is 1.68. The van der Waals surface area contributed by atoms with Crippen LogP contribution >= 0.6 is 27.3 Å². The monoisotopic (exact) mass is 458 g/mol. The number of halogens is 1. The second-order valence-corrected chi connectivity index (χ2v) is 7.69. The van der Waals surface area contributed by atoms with Crippen molar-refractivity contribution in [3.8, 4) is 0 Å². The van der Waals surface area contributed by atoms with Crippen molar-refractivity contribution in [1.29, 1.82) is 0 Å². The number of nitrogens with zero attached hydrogens (tertiary/aromatic N) is 6. The maximum absolute atomic E-state index is 12.8. The number of aryl methyl sites for hydroxylation is 1. The molecule has 8 nitrogen and oxygen atoms in total. The van der Waals surface area contributed by atoms with Gasteiger partial charge in [0.15, 0.2) is 10.8 Å². The van der Waals surface area contributed by atoms with E-state index in [2.05, 4.69) is 31.0 Å². The number of amides is 1.